The predicted molar refractivity (Wildman–Crippen MR) is 179 cm³/mol. The second-order valence-electron chi connectivity index (χ2n) is 11.3. The minimum Gasteiger partial charge on any atom is -0.308 e. The molecule has 206 valence electrons. The molecule has 4 nitrogen and oxygen atoms in total. The first-order chi connectivity index (χ1) is 21.6. The molecule has 6 aromatic carbocycles. The molecule has 0 spiro atoms. The summed E-state index contributed by atoms with van der Waals surface area (Å²) in [5.74, 6) is 0. The van der Waals surface area contributed by atoms with E-state index >= 15 is 0 Å². The molecule has 44 heavy (non-hydrogen) atoms. The maximum absolute atomic E-state index is 10.1. The maximum Gasteiger partial charge on any atom is 0.0991 e. The second-order valence-corrected chi connectivity index (χ2v) is 11.3. The van der Waals surface area contributed by atoms with E-state index in [1.807, 2.05) is 36.4 Å². The lowest BCUT2D eigenvalue weighted by atomic mass is 9.96. The Morgan fingerprint density at radius 2 is 0.864 bits per heavy atom. The van der Waals surface area contributed by atoms with E-state index in [1.165, 1.54) is 21.5 Å². The molecule has 0 unspecified atom stereocenters. The Kier molecular flexibility index (Phi) is 5.66. The standard InChI is InChI=1S/C40H26N4/c1-25-9-7-13-31-29-11-3-5-15-35(29)43(39(25)31)37-19-17-27(23-41)21-33(37)34-22-28(24-42)18-20-38(34)44-36-16-6-4-12-30(36)32-14-8-10-26(2)40(32)44/h3-22H,1-2H3. The van der Waals surface area contributed by atoms with Crippen molar-refractivity contribution in [1.29, 1.82) is 10.5 Å². The zero-order chi connectivity index (χ0) is 29.9. The summed E-state index contributed by atoms with van der Waals surface area (Å²) in [4.78, 5) is 0. The number of aromatic nitrogens is 2. The van der Waals surface area contributed by atoms with Gasteiger partial charge in [-0.15, -0.1) is 0 Å². The van der Waals surface area contributed by atoms with Gasteiger partial charge in [0.15, 0.2) is 0 Å². The molecule has 0 aliphatic heterocycles. The van der Waals surface area contributed by atoms with Gasteiger partial charge in [-0.1, -0.05) is 72.8 Å². The van der Waals surface area contributed by atoms with Crippen LogP contribution in [0.3, 0.4) is 0 Å². The average molecular weight is 563 g/mol. The maximum atomic E-state index is 10.1. The summed E-state index contributed by atoms with van der Waals surface area (Å²) in [5.41, 5.74) is 11.6. The monoisotopic (exact) mass is 562 g/mol. The zero-order valence-corrected chi connectivity index (χ0v) is 24.3. The van der Waals surface area contributed by atoms with Crippen molar-refractivity contribution in [2.45, 2.75) is 13.8 Å². The first kappa shape index (κ1) is 25.6. The normalized spacial score (nSPS) is 11.4. The topological polar surface area (TPSA) is 57.4 Å². The van der Waals surface area contributed by atoms with Crippen LogP contribution in [0.1, 0.15) is 22.3 Å². The summed E-state index contributed by atoms with van der Waals surface area (Å²) >= 11 is 0. The third-order valence-electron chi connectivity index (χ3n) is 8.82. The Morgan fingerprint density at radius 1 is 0.455 bits per heavy atom. The fourth-order valence-corrected chi connectivity index (χ4v) is 6.91. The van der Waals surface area contributed by atoms with Gasteiger partial charge in [0.2, 0.25) is 0 Å². The van der Waals surface area contributed by atoms with Crippen LogP contribution < -0.4 is 0 Å². The smallest absolute Gasteiger partial charge is 0.0991 e. The van der Waals surface area contributed by atoms with E-state index in [4.69, 9.17) is 0 Å². The van der Waals surface area contributed by atoms with Crippen LogP contribution in [0, 0.1) is 36.5 Å². The van der Waals surface area contributed by atoms with Crippen molar-refractivity contribution in [3.63, 3.8) is 0 Å². The van der Waals surface area contributed by atoms with Gasteiger partial charge in [0, 0.05) is 32.7 Å². The van der Waals surface area contributed by atoms with Gasteiger partial charge in [-0.3, -0.25) is 0 Å². The van der Waals surface area contributed by atoms with Gasteiger partial charge in [0.1, 0.15) is 0 Å². The number of aryl methyl sites for hydroxylation is 2. The van der Waals surface area contributed by atoms with Crippen LogP contribution >= 0.6 is 0 Å². The fourth-order valence-electron chi connectivity index (χ4n) is 6.91. The molecule has 8 rings (SSSR count). The van der Waals surface area contributed by atoms with E-state index in [1.54, 1.807) is 0 Å². The molecule has 8 aromatic rings. The second kappa shape index (κ2) is 9.73. The highest BCUT2D eigenvalue weighted by atomic mass is 15.0. The van der Waals surface area contributed by atoms with Crippen molar-refractivity contribution < 1.29 is 0 Å². The molecule has 2 aromatic heterocycles. The fraction of sp³-hybridized carbons (Fsp3) is 0.0500. The Bertz CT molecular complexity index is 2370. The molecule has 0 atom stereocenters. The summed E-state index contributed by atoms with van der Waals surface area (Å²) in [5, 5.41) is 24.9. The van der Waals surface area contributed by atoms with Crippen LogP contribution in [-0.4, -0.2) is 9.13 Å². The number of hydrogen-bond acceptors (Lipinski definition) is 2. The van der Waals surface area contributed by atoms with Gasteiger partial charge in [-0.05, 0) is 73.5 Å². The molecular formula is C40H26N4. The SMILES string of the molecule is Cc1cccc2c3ccccc3n(-c3ccc(C#N)cc3-c3cc(C#N)ccc3-n3c4ccccc4c4cccc(C)c43)c12. The first-order valence-electron chi connectivity index (χ1n) is 14.7. The Balaban J connectivity index is 1.55. The van der Waals surface area contributed by atoms with Crippen molar-refractivity contribution in [2.75, 3.05) is 0 Å². The van der Waals surface area contributed by atoms with Crippen LogP contribution in [-0.2, 0) is 0 Å². The van der Waals surface area contributed by atoms with Crippen molar-refractivity contribution in [3.8, 4) is 34.6 Å². The van der Waals surface area contributed by atoms with Crippen LogP contribution in [0.25, 0.3) is 66.1 Å². The highest BCUT2D eigenvalue weighted by Crippen LogP contribution is 2.42. The lowest BCUT2D eigenvalue weighted by Crippen LogP contribution is -2.03. The van der Waals surface area contributed by atoms with Gasteiger partial charge >= 0.3 is 0 Å². The number of benzene rings is 6. The number of para-hydroxylation sites is 4. The van der Waals surface area contributed by atoms with E-state index < -0.39 is 0 Å². The number of fused-ring (bicyclic) bond motifs is 6. The lowest BCUT2D eigenvalue weighted by molar-refractivity contribution is 1.15. The Morgan fingerprint density at radius 3 is 1.30 bits per heavy atom. The van der Waals surface area contributed by atoms with Gasteiger partial charge in [0.25, 0.3) is 0 Å². The van der Waals surface area contributed by atoms with Crippen molar-refractivity contribution in [1.82, 2.24) is 9.13 Å². The molecular weight excluding hydrogens is 536 g/mol. The van der Waals surface area contributed by atoms with Gasteiger partial charge in [-0.2, -0.15) is 10.5 Å². The summed E-state index contributed by atoms with van der Waals surface area (Å²) < 4.78 is 4.63. The molecule has 2 heterocycles. The highest BCUT2D eigenvalue weighted by molar-refractivity contribution is 6.12. The zero-order valence-electron chi connectivity index (χ0n) is 24.3. The van der Waals surface area contributed by atoms with Crippen LogP contribution in [0.4, 0.5) is 0 Å². The molecule has 0 saturated carbocycles. The molecule has 0 bridgehead atoms. The van der Waals surface area contributed by atoms with Gasteiger partial charge in [0.05, 0.1) is 56.7 Å². The van der Waals surface area contributed by atoms with E-state index in [9.17, 15) is 10.5 Å². The predicted octanol–water partition coefficient (Wildman–Crippen LogP) is 9.91. The minimum atomic E-state index is 0.563. The molecule has 0 fully saturated rings. The number of nitrogens with zero attached hydrogens (tertiary/aromatic N) is 4. The van der Waals surface area contributed by atoms with Crippen molar-refractivity contribution in [2.24, 2.45) is 0 Å². The Hall–Kier alpha value is -6.10. The summed E-state index contributed by atoms with van der Waals surface area (Å²) in [6.45, 7) is 4.28. The number of rotatable bonds is 3. The van der Waals surface area contributed by atoms with E-state index in [2.05, 4.69) is 120 Å². The quantitative estimate of drug-likeness (QED) is 0.215. The Labute approximate surface area is 254 Å². The van der Waals surface area contributed by atoms with Gasteiger partial charge < -0.3 is 9.13 Å². The third kappa shape index (κ3) is 3.62. The molecule has 0 N–H and O–H groups in total. The highest BCUT2D eigenvalue weighted by Gasteiger charge is 2.22. The summed E-state index contributed by atoms with van der Waals surface area (Å²) in [6, 6.07) is 46.3. The van der Waals surface area contributed by atoms with E-state index in [0.717, 1.165) is 55.7 Å². The van der Waals surface area contributed by atoms with E-state index in [0.29, 0.717) is 11.1 Å². The van der Waals surface area contributed by atoms with Crippen LogP contribution in [0.5, 0.6) is 0 Å². The average Bonchev–Trinajstić information content (AvgIpc) is 3.59. The third-order valence-corrected chi connectivity index (χ3v) is 8.82. The minimum absolute atomic E-state index is 0.563. The lowest BCUT2D eigenvalue weighted by Gasteiger charge is -2.20. The number of nitriles is 2. The van der Waals surface area contributed by atoms with Crippen LogP contribution in [0.15, 0.2) is 121 Å². The summed E-state index contributed by atoms with van der Waals surface area (Å²) in [7, 11) is 0. The number of hydrogen-bond donors (Lipinski definition) is 0. The van der Waals surface area contributed by atoms with Gasteiger partial charge in [-0.25, -0.2) is 0 Å². The largest absolute Gasteiger partial charge is 0.308 e. The first-order valence-corrected chi connectivity index (χ1v) is 14.7. The van der Waals surface area contributed by atoms with Crippen molar-refractivity contribution in [3.05, 3.63) is 144 Å². The van der Waals surface area contributed by atoms with Crippen LogP contribution in [0.2, 0.25) is 0 Å². The molecule has 0 aliphatic carbocycles. The molecule has 0 saturated heterocycles. The van der Waals surface area contributed by atoms with E-state index in [-0.39, 0.29) is 0 Å². The van der Waals surface area contributed by atoms with Crippen molar-refractivity contribution >= 4 is 43.6 Å². The molecule has 0 amide bonds. The summed E-state index contributed by atoms with van der Waals surface area (Å²) in [6.07, 6.45) is 0. The molecule has 4 heteroatoms. The molecule has 0 aliphatic rings. The molecule has 0 radical (unpaired) electrons.